The molecule has 72 valence electrons. The second kappa shape index (κ2) is 3.76. The van der Waals surface area contributed by atoms with E-state index in [0.29, 0.717) is 11.4 Å². The summed E-state index contributed by atoms with van der Waals surface area (Å²) in [6.07, 6.45) is 1.41. The van der Waals surface area contributed by atoms with Gasteiger partial charge < -0.3 is 5.73 Å². The molecule has 4 heteroatoms. The highest BCUT2D eigenvalue weighted by Gasteiger charge is 2.00. The largest absolute Gasteiger partial charge is 0.384 e. The molecule has 0 amide bonds. The van der Waals surface area contributed by atoms with Crippen molar-refractivity contribution >= 4 is 5.82 Å². The van der Waals surface area contributed by atoms with Crippen molar-refractivity contribution in [2.75, 3.05) is 5.73 Å². The van der Waals surface area contributed by atoms with Crippen LogP contribution in [-0.4, -0.2) is 9.97 Å². The number of rotatable bonds is 1. The van der Waals surface area contributed by atoms with Crippen LogP contribution in [0.5, 0.6) is 0 Å². The van der Waals surface area contributed by atoms with Gasteiger partial charge >= 0.3 is 0 Å². The van der Waals surface area contributed by atoms with Crippen LogP contribution in [0.2, 0.25) is 0 Å². The van der Waals surface area contributed by atoms with Gasteiger partial charge in [-0.3, -0.25) is 0 Å². The lowest BCUT2D eigenvalue weighted by Crippen LogP contribution is -1.92. The van der Waals surface area contributed by atoms with E-state index >= 15 is 0 Å². The monoisotopic (exact) mass is 196 g/mol. The number of hydrogen-bond acceptors (Lipinski definition) is 4. The molecule has 0 radical (unpaired) electrons. The maximum absolute atomic E-state index is 8.76. The summed E-state index contributed by atoms with van der Waals surface area (Å²) in [5.74, 6) is 0.419. The molecule has 1 aromatic carbocycles. The Morgan fingerprint density at radius 2 is 2.07 bits per heavy atom. The van der Waals surface area contributed by atoms with E-state index in [0.717, 1.165) is 11.3 Å². The van der Waals surface area contributed by atoms with Gasteiger partial charge in [-0.1, -0.05) is 12.1 Å². The molecule has 0 saturated heterocycles. The summed E-state index contributed by atoms with van der Waals surface area (Å²) in [7, 11) is 0. The predicted molar refractivity (Wildman–Crippen MR) is 56.6 cm³/mol. The maximum Gasteiger partial charge on any atom is 0.127 e. The number of nitrogen functional groups attached to an aromatic ring is 1. The molecule has 0 bridgehead atoms. The van der Waals surface area contributed by atoms with Gasteiger partial charge in [-0.15, -0.1) is 0 Å². The highest BCUT2D eigenvalue weighted by molar-refractivity contribution is 5.63. The zero-order valence-corrected chi connectivity index (χ0v) is 7.88. The topological polar surface area (TPSA) is 75.6 Å². The summed E-state index contributed by atoms with van der Waals surface area (Å²) < 4.78 is 0. The Labute approximate surface area is 87.0 Å². The third-order valence-electron chi connectivity index (χ3n) is 1.98. The molecule has 1 heterocycles. The molecule has 1 aromatic heterocycles. The van der Waals surface area contributed by atoms with Crippen LogP contribution < -0.4 is 5.73 Å². The maximum atomic E-state index is 8.76. The summed E-state index contributed by atoms with van der Waals surface area (Å²) in [5.41, 5.74) is 7.74. The highest BCUT2D eigenvalue weighted by atomic mass is 14.9. The van der Waals surface area contributed by atoms with Crippen molar-refractivity contribution in [2.45, 2.75) is 0 Å². The van der Waals surface area contributed by atoms with Crippen molar-refractivity contribution in [3.05, 3.63) is 42.2 Å². The zero-order chi connectivity index (χ0) is 10.7. The molecule has 0 atom stereocenters. The number of nitrogens with two attached hydrogens (primary N) is 1. The summed E-state index contributed by atoms with van der Waals surface area (Å²) in [5, 5.41) is 8.76. The molecular formula is C11H8N4. The van der Waals surface area contributed by atoms with E-state index in [9.17, 15) is 0 Å². The minimum absolute atomic E-state index is 0.419. The van der Waals surface area contributed by atoms with Crippen molar-refractivity contribution < 1.29 is 0 Å². The van der Waals surface area contributed by atoms with E-state index in [1.165, 1.54) is 6.33 Å². The average Bonchev–Trinajstić information content (AvgIpc) is 2.29. The number of aromatic nitrogens is 2. The van der Waals surface area contributed by atoms with Gasteiger partial charge in [0.2, 0.25) is 0 Å². The molecule has 0 aliphatic heterocycles. The van der Waals surface area contributed by atoms with Crippen LogP contribution in [0.1, 0.15) is 5.56 Å². The lowest BCUT2D eigenvalue weighted by molar-refractivity contribution is 1.18. The van der Waals surface area contributed by atoms with Gasteiger partial charge in [0.25, 0.3) is 0 Å². The number of nitriles is 1. The first-order chi connectivity index (χ1) is 7.29. The van der Waals surface area contributed by atoms with E-state index in [-0.39, 0.29) is 0 Å². The van der Waals surface area contributed by atoms with Crippen LogP contribution in [0, 0.1) is 11.3 Å². The van der Waals surface area contributed by atoms with E-state index < -0.39 is 0 Å². The molecule has 2 N–H and O–H groups in total. The Kier molecular flexibility index (Phi) is 2.30. The third kappa shape index (κ3) is 1.92. The second-order valence-corrected chi connectivity index (χ2v) is 3.02. The van der Waals surface area contributed by atoms with Gasteiger partial charge in [0.1, 0.15) is 12.1 Å². The van der Waals surface area contributed by atoms with Gasteiger partial charge in [0.15, 0.2) is 0 Å². The van der Waals surface area contributed by atoms with Gasteiger partial charge in [-0.05, 0) is 12.1 Å². The smallest absolute Gasteiger partial charge is 0.127 e. The summed E-state index contributed by atoms with van der Waals surface area (Å²) in [6, 6.07) is 11.0. The van der Waals surface area contributed by atoms with E-state index in [1.807, 2.05) is 12.1 Å². The molecule has 2 rings (SSSR count). The second-order valence-electron chi connectivity index (χ2n) is 3.02. The Morgan fingerprint density at radius 1 is 1.20 bits per heavy atom. The van der Waals surface area contributed by atoms with Crippen molar-refractivity contribution in [1.29, 1.82) is 5.26 Å². The highest BCUT2D eigenvalue weighted by Crippen LogP contribution is 2.18. The van der Waals surface area contributed by atoms with Gasteiger partial charge in [0.05, 0.1) is 17.3 Å². The Bertz CT molecular complexity index is 528. The van der Waals surface area contributed by atoms with Crippen molar-refractivity contribution in [1.82, 2.24) is 9.97 Å². The van der Waals surface area contributed by atoms with Gasteiger partial charge in [0, 0.05) is 11.6 Å². The number of nitrogens with zero attached hydrogens (tertiary/aromatic N) is 3. The van der Waals surface area contributed by atoms with E-state index in [1.54, 1.807) is 18.2 Å². The van der Waals surface area contributed by atoms with Crippen molar-refractivity contribution in [3.8, 4) is 17.3 Å². The van der Waals surface area contributed by atoms with E-state index in [4.69, 9.17) is 11.0 Å². The van der Waals surface area contributed by atoms with E-state index in [2.05, 4.69) is 16.0 Å². The molecule has 15 heavy (non-hydrogen) atoms. The summed E-state index contributed by atoms with van der Waals surface area (Å²) in [4.78, 5) is 7.89. The Balaban J connectivity index is 2.50. The van der Waals surface area contributed by atoms with Gasteiger partial charge in [-0.2, -0.15) is 5.26 Å². The summed E-state index contributed by atoms with van der Waals surface area (Å²) >= 11 is 0. The van der Waals surface area contributed by atoms with Crippen LogP contribution in [0.25, 0.3) is 11.3 Å². The van der Waals surface area contributed by atoms with Crippen LogP contribution in [0.4, 0.5) is 5.82 Å². The quantitative estimate of drug-likeness (QED) is 0.751. The minimum Gasteiger partial charge on any atom is -0.384 e. The number of anilines is 1. The van der Waals surface area contributed by atoms with Crippen LogP contribution in [0.3, 0.4) is 0 Å². The predicted octanol–water partition coefficient (Wildman–Crippen LogP) is 1.60. The molecule has 0 spiro atoms. The van der Waals surface area contributed by atoms with Gasteiger partial charge in [-0.25, -0.2) is 9.97 Å². The van der Waals surface area contributed by atoms with Crippen molar-refractivity contribution in [3.63, 3.8) is 0 Å². The third-order valence-corrected chi connectivity index (χ3v) is 1.98. The fourth-order valence-electron chi connectivity index (χ4n) is 1.28. The molecule has 0 saturated carbocycles. The Morgan fingerprint density at radius 3 is 2.80 bits per heavy atom. The SMILES string of the molecule is N#Cc1cccc(-c2cc(N)ncn2)c1. The summed E-state index contributed by atoms with van der Waals surface area (Å²) in [6.45, 7) is 0. The fourth-order valence-corrected chi connectivity index (χ4v) is 1.28. The molecule has 0 unspecified atom stereocenters. The number of hydrogen-bond donors (Lipinski definition) is 1. The van der Waals surface area contributed by atoms with Crippen LogP contribution in [-0.2, 0) is 0 Å². The average molecular weight is 196 g/mol. The fraction of sp³-hybridized carbons (Fsp3) is 0. The van der Waals surface area contributed by atoms with Crippen LogP contribution >= 0.6 is 0 Å². The molecule has 2 aromatic rings. The normalized spacial score (nSPS) is 9.53. The van der Waals surface area contributed by atoms with Crippen molar-refractivity contribution in [2.24, 2.45) is 0 Å². The first-order valence-corrected chi connectivity index (χ1v) is 4.37. The lowest BCUT2D eigenvalue weighted by atomic mass is 10.1. The van der Waals surface area contributed by atoms with Crippen LogP contribution in [0.15, 0.2) is 36.7 Å². The standard InChI is InChI=1S/C11H8N4/c12-6-8-2-1-3-9(4-8)10-5-11(13)15-7-14-10/h1-5,7H,(H2,13,14,15). The molecule has 0 aliphatic rings. The first kappa shape index (κ1) is 9.16. The molecular weight excluding hydrogens is 188 g/mol. The molecule has 4 nitrogen and oxygen atoms in total. The Hall–Kier alpha value is -2.41. The number of benzene rings is 1. The minimum atomic E-state index is 0.419. The molecule has 0 aliphatic carbocycles. The zero-order valence-electron chi connectivity index (χ0n) is 7.88. The lowest BCUT2D eigenvalue weighted by Gasteiger charge is -2.00. The molecule has 0 fully saturated rings. The first-order valence-electron chi connectivity index (χ1n) is 4.37.